The molecule has 1 aliphatic rings. The molecule has 1 fully saturated rings. The van der Waals surface area contributed by atoms with E-state index in [1.54, 1.807) is 0 Å². The van der Waals surface area contributed by atoms with Gasteiger partial charge in [-0.1, -0.05) is 19.8 Å². The van der Waals surface area contributed by atoms with E-state index in [4.69, 9.17) is 12.2 Å². The highest BCUT2D eigenvalue weighted by Gasteiger charge is 2.20. The van der Waals surface area contributed by atoms with Crippen LogP contribution in [-0.2, 0) is 4.79 Å². The number of hydrogen-bond donors (Lipinski definition) is 2. The number of terminal acetylenes is 1. The molecule has 0 spiro atoms. The molecule has 1 aliphatic heterocycles. The second kappa shape index (κ2) is 6.63. The van der Waals surface area contributed by atoms with E-state index in [0.29, 0.717) is 12.6 Å². The summed E-state index contributed by atoms with van der Waals surface area (Å²) in [5, 5.41) is 2.88. The number of hydrogen-bond acceptors (Lipinski definition) is 3. The van der Waals surface area contributed by atoms with Crippen molar-refractivity contribution in [2.24, 2.45) is 11.7 Å². The van der Waals surface area contributed by atoms with Crippen molar-refractivity contribution in [3.8, 4) is 12.3 Å². The molecule has 0 aromatic rings. The summed E-state index contributed by atoms with van der Waals surface area (Å²) >= 11 is 0. The maximum Gasteiger partial charge on any atom is 0.235 e. The van der Waals surface area contributed by atoms with Crippen molar-refractivity contribution in [3.63, 3.8) is 0 Å². The summed E-state index contributed by atoms with van der Waals surface area (Å²) in [5.74, 6) is 2.88. The number of amides is 1. The quantitative estimate of drug-likeness (QED) is 0.686. The van der Waals surface area contributed by atoms with Gasteiger partial charge in [-0.2, -0.15) is 0 Å². The van der Waals surface area contributed by atoms with Gasteiger partial charge in [0.15, 0.2) is 0 Å². The van der Waals surface area contributed by atoms with Crippen LogP contribution in [0.1, 0.15) is 26.7 Å². The molecule has 17 heavy (non-hydrogen) atoms. The zero-order valence-electron chi connectivity index (χ0n) is 10.8. The first-order chi connectivity index (χ1) is 8.02. The predicted octanol–water partition coefficient (Wildman–Crippen LogP) is 0.184. The fraction of sp³-hybridized carbons (Fsp3) is 0.769. The molecule has 0 aliphatic carbocycles. The third-order valence-corrected chi connectivity index (χ3v) is 3.16. The zero-order valence-corrected chi connectivity index (χ0v) is 10.8. The highest BCUT2D eigenvalue weighted by atomic mass is 16.2. The van der Waals surface area contributed by atoms with Gasteiger partial charge in [-0.3, -0.25) is 9.69 Å². The summed E-state index contributed by atoms with van der Waals surface area (Å²) in [6.07, 6.45) is 7.32. The van der Waals surface area contributed by atoms with Crippen LogP contribution in [0.5, 0.6) is 0 Å². The molecule has 1 saturated heterocycles. The van der Waals surface area contributed by atoms with Crippen LogP contribution in [0.2, 0.25) is 0 Å². The van der Waals surface area contributed by atoms with Crippen molar-refractivity contribution >= 4 is 5.91 Å². The number of nitrogens with two attached hydrogens (primary N) is 1. The van der Waals surface area contributed by atoms with Gasteiger partial charge in [0.1, 0.15) is 0 Å². The molecule has 1 heterocycles. The Balaban J connectivity index is 2.32. The molecular formula is C13H23N3O. The van der Waals surface area contributed by atoms with Crippen LogP contribution in [0, 0.1) is 18.3 Å². The van der Waals surface area contributed by atoms with E-state index < -0.39 is 0 Å². The lowest BCUT2D eigenvalue weighted by molar-refractivity contribution is -0.123. The van der Waals surface area contributed by atoms with Crippen LogP contribution in [0.4, 0.5) is 0 Å². The fourth-order valence-electron chi connectivity index (χ4n) is 1.93. The standard InChI is InChI=1S/C13H23N3O/c1-4-12(10(2)3)15-13(17)9-16-7-5-11(14)6-8-16/h1,10-12H,5-9,14H2,2-3H3,(H,15,17). The summed E-state index contributed by atoms with van der Waals surface area (Å²) in [6.45, 7) is 6.24. The van der Waals surface area contributed by atoms with Crippen molar-refractivity contribution in [2.75, 3.05) is 19.6 Å². The minimum absolute atomic E-state index is 0.0112. The van der Waals surface area contributed by atoms with E-state index in [0.717, 1.165) is 25.9 Å². The monoisotopic (exact) mass is 237 g/mol. The van der Waals surface area contributed by atoms with Crippen LogP contribution >= 0.6 is 0 Å². The average molecular weight is 237 g/mol. The van der Waals surface area contributed by atoms with Gasteiger partial charge in [-0.25, -0.2) is 0 Å². The summed E-state index contributed by atoms with van der Waals surface area (Å²) in [4.78, 5) is 13.9. The van der Waals surface area contributed by atoms with Gasteiger partial charge in [-0.05, 0) is 18.8 Å². The van der Waals surface area contributed by atoms with E-state index in [-0.39, 0.29) is 17.9 Å². The fourth-order valence-corrected chi connectivity index (χ4v) is 1.93. The molecule has 1 unspecified atom stereocenters. The minimum Gasteiger partial charge on any atom is -0.341 e. The number of nitrogens with zero attached hydrogens (tertiary/aromatic N) is 1. The van der Waals surface area contributed by atoms with Gasteiger partial charge < -0.3 is 11.1 Å². The third kappa shape index (κ3) is 4.76. The smallest absolute Gasteiger partial charge is 0.235 e. The number of nitrogens with one attached hydrogen (secondary N) is 1. The Morgan fingerprint density at radius 1 is 1.53 bits per heavy atom. The van der Waals surface area contributed by atoms with Gasteiger partial charge in [0.2, 0.25) is 5.91 Å². The van der Waals surface area contributed by atoms with Crippen molar-refractivity contribution in [2.45, 2.75) is 38.8 Å². The van der Waals surface area contributed by atoms with Crippen LogP contribution in [-0.4, -0.2) is 42.5 Å². The third-order valence-electron chi connectivity index (χ3n) is 3.16. The number of carbonyl (C=O) groups excluding carboxylic acids is 1. The lowest BCUT2D eigenvalue weighted by Gasteiger charge is -2.30. The van der Waals surface area contributed by atoms with Gasteiger partial charge in [0, 0.05) is 19.1 Å². The molecule has 3 N–H and O–H groups in total. The molecule has 0 aromatic carbocycles. The number of piperidine rings is 1. The highest BCUT2D eigenvalue weighted by Crippen LogP contribution is 2.07. The SMILES string of the molecule is C#CC(NC(=O)CN1CCC(N)CC1)C(C)C. The zero-order chi connectivity index (χ0) is 12.8. The van der Waals surface area contributed by atoms with Gasteiger partial charge in [0.05, 0.1) is 12.6 Å². The average Bonchev–Trinajstić information content (AvgIpc) is 2.28. The number of likely N-dealkylation sites (tertiary alicyclic amines) is 1. The predicted molar refractivity (Wildman–Crippen MR) is 69.3 cm³/mol. The molecule has 0 bridgehead atoms. The molecular weight excluding hydrogens is 214 g/mol. The molecule has 1 atom stereocenters. The molecule has 96 valence electrons. The summed E-state index contributed by atoms with van der Waals surface area (Å²) in [7, 11) is 0. The first-order valence-electron chi connectivity index (χ1n) is 6.26. The van der Waals surface area contributed by atoms with Crippen molar-refractivity contribution in [3.05, 3.63) is 0 Å². The Bertz CT molecular complexity index is 288. The maximum absolute atomic E-state index is 11.8. The summed E-state index contributed by atoms with van der Waals surface area (Å²) in [5.41, 5.74) is 5.82. The summed E-state index contributed by atoms with van der Waals surface area (Å²) in [6, 6.07) is 0.123. The van der Waals surface area contributed by atoms with Crippen LogP contribution in [0.25, 0.3) is 0 Å². The Labute approximate surface area is 104 Å². The number of carbonyl (C=O) groups is 1. The second-order valence-electron chi connectivity index (χ2n) is 5.07. The van der Waals surface area contributed by atoms with E-state index in [1.807, 2.05) is 13.8 Å². The van der Waals surface area contributed by atoms with E-state index in [1.165, 1.54) is 0 Å². The summed E-state index contributed by atoms with van der Waals surface area (Å²) < 4.78 is 0. The first-order valence-corrected chi connectivity index (χ1v) is 6.26. The molecule has 4 nitrogen and oxygen atoms in total. The lowest BCUT2D eigenvalue weighted by atomic mass is 10.0. The van der Waals surface area contributed by atoms with Crippen LogP contribution in [0.15, 0.2) is 0 Å². The van der Waals surface area contributed by atoms with Crippen molar-refractivity contribution in [1.29, 1.82) is 0 Å². The molecule has 4 heteroatoms. The van der Waals surface area contributed by atoms with Crippen LogP contribution in [0.3, 0.4) is 0 Å². The van der Waals surface area contributed by atoms with E-state index >= 15 is 0 Å². The van der Waals surface area contributed by atoms with Crippen molar-refractivity contribution < 1.29 is 4.79 Å². The van der Waals surface area contributed by atoms with Gasteiger partial charge in [-0.15, -0.1) is 6.42 Å². The second-order valence-corrected chi connectivity index (χ2v) is 5.07. The minimum atomic E-state index is -0.172. The van der Waals surface area contributed by atoms with Gasteiger partial charge >= 0.3 is 0 Å². The maximum atomic E-state index is 11.8. The Hall–Kier alpha value is -1.05. The first kappa shape index (κ1) is 14.0. The topological polar surface area (TPSA) is 58.4 Å². The largest absolute Gasteiger partial charge is 0.341 e. The van der Waals surface area contributed by atoms with E-state index in [9.17, 15) is 4.79 Å². The Morgan fingerprint density at radius 2 is 2.12 bits per heavy atom. The molecule has 1 rings (SSSR count). The Morgan fingerprint density at radius 3 is 2.59 bits per heavy atom. The molecule has 0 saturated carbocycles. The normalized spacial score (nSPS) is 19.9. The molecule has 0 aromatic heterocycles. The van der Waals surface area contributed by atoms with Crippen LogP contribution < -0.4 is 11.1 Å². The van der Waals surface area contributed by atoms with E-state index in [2.05, 4.69) is 16.1 Å². The Kier molecular flexibility index (Phi) is 5.46. The highest BCUT2D eigenvalue weighted by molar-refractivity contribution is 5.78. The number of rotatable bonds is 4. The molecule has 0 radical (unpaired) electrons. The van der Waals surface area contributed by atoms with Crippen molar-refractivity contribution in [1.82, 2.24) is 10.2 Å². The van der Waals surface area contributed by atoms with Gasteiger partial charge in [0.25, 0.3) is 0 Å². The lowest BCUT2D eigenvalue weighted by Crippen LogP contribution is -2.47. The molecule has 1 amide bonds.